The van der Waals surface area contributed by atoms with Crippen molar-refractivity contribution in [2.24, 2.45) is 0 Å². The van der Waals surface area contributed by atoms with E-state index in [1.54, 1.807) is 7.11 Å². The number of ether oxygens (including phenoxy) is 6. The largest absolute Gasteiger partial charge is 0.497 e. The molecule has 0 bridgehead atoms. The molecule has 2 heterocycles. The topological polar surface area (TPSA) is 72.5 Å². The van der Waals surface area contributed by atoms with Crippen molar-refractivity contribution in [2.45, 2.75) is 61.5 Å². The Balaban J connectivity index is 1.42. The SMILES string of the molecule is COc1ccc(CO[C@H]2[C@@H](OC(C)=O)[C@@H]3OC(c4ccccc4)OC[C@H]3O[C@@H]2Sc2ccc(C)cc2)cc1. The molecular weight excluding hydrogens is 504 g/mol. The van der Waals surface area contributed by atoms with Crippen LogP contribution in [0.1, 0.15) is 29.9 Å². The summed E-state index contributed by atoms with van der Waals surface area (Å²) in [6.07, 6.45) is -2.87. The average molecular weight is 537 g/mol. The van der Waals surface area contributed by atoms with Gasteiger partial charge in [-0.1, -0.05) is 71.9 Å². The van der Waals surface area contributed by atoms with Crippen molar-refractivity contribution in [2.75, 3.05) is 13.7 Å². The van der Waals surface area contributed by atoms with Gasteiger partial charge in [-0.15, -0.1) is 0 Å². The van der Waals surface area contributed by atoms with E-state index in [1.807, 2.05) is 61.5 Å². The number of benzene rings is 3. The molecule has 0 radical (unpaired) electrons. The number of carbonyl (C=O) groups is 1. The van der Waals surface area contributed by atoms with E-state index in [-0.39, 0.29) is 0 Å². The summed E-state index contributed by atoms with van der Waals surface area (Å²) in [7, 11) is 1.63. The summed E-state index contributed by atoms with van der Waals surface area (Å²) >= 11 is 1.54. The van der Waals surface area contributed by atoms with Crippen LogP contribution in [0.4, 0.5) is 0 Å². The van der Waals surface area contributed by atoms with Gasteiger partial charge in [0.2, 0.25) is 0 Å². The Morgan fingerprint density at radius 3 is 2.37 bits per heavy atom. The Kier molecular flexibility index (Phi) is 8.66. The fourth-order valence-electron chi connectivity index (χ4n) is 4.59. The fourth-order valence-corrected chi connectivity index (χ4v) is 5.72. The van der Waals surface area contributed by atoms with Crippen LogP contribution in [0.2, 0.25) is 0 Å². The first-order valence-corrected chi connectivity index (χ1v) is 13.5. The molecule has 5 rings (SSSR count). The minimum absolute atomic E-state index is 0.302. The van der Waals surface area contributed by atoms with Gasteiger partial charge in [-0.25, -0.2) is 0 Å². The highest BCUT2D eigenvalue weighted by atomic mass is 32.2. The lowest BCUT2D eigenvalue weighted by Crippen LogP contribution is -2.62. The molecule has 2 fully saturated rings. The van der Waals surface area contributed by atoms with Crippen molar-refractivity contribution in [3.05, 3.63) is 95.6 Å². The lowest BCUT2D eigenvalue weighted by molar-refractivity contribution is -0.324. The van der Waals surface area contributed by atoms with E-state index >= 15 is 0 Å². The smallest absolute Gasteiger partial charge is 0.303 e. The molecule has 6 atom stereocenters. The highest BCUT2D eigenvalue weighted by Gasteiger charge is 2.52. The molecule has 0 spiro atoms. The molecule has 38 heavy (non-hydrogen) atoms. The molecule has 0 saturated carbocycles. The van der Waals surface area contributed by atoms with E-state index in [1.165, 1.54) is 24.2 Å². The van der Waals surface area contributed by atoms with Crippen LogP contribution in [0.25, 0.3) is 0 Å². The number of fused-ring (bicyclic) bond motifs is 1. The van der Waals surface area contributed by atoms with Gasteiger partial charge in [0.05, 0.1) is 20.3 Å². The predicted octanol–water partition coefficient (Wildman–Crippen LogP) is 5.45. The molecule has 0 amide bonds. The van der Waals surface area contributed by atoms with Gasteiger partial charge in [-0.2, -0.15) is 0 Å². The van der Waals surface area contributed by atoms with E-state index in [0.29, 0.717) is 13.2 Å². The molecule has 7 nitrogen and oxygen atoms in total. The van der Waals surface area contributed by atoms with Gasteiger partial charge in [-0.3, -0.25) is 4.79 Å². The van der Waals surface area contributed by atoms with E-state index in [0.717, 1.165) is 21.8 Å². The third kappa shape index (κ3) is 6.39. The third-order valence-corrected chi connectivity index (χ3v) is 7.69. The summed E-state index contributed by atoms with van der Waals surface area (Å²) in [5.41, 5.74) is 2.56. The Labute approximate surface area is 227 Å². The van der Waals surface area contributed by atoms with E-state index in [9.17, 15) is 4.79 Å². The minimum Gasteiger partial charge on any atom is -0.497 e. The molecule has 0 aromatic heterocycles. The second-order valence-corrected chi connectivity index (χ2v) is 10.5. The zero-order chi connectivity index (χ0) is 26.5. The molecule has 200 valence electrons. The average Bonchev–Trinajstić information content (AvgIpc) is 2.94. The van der Waals surface area contributed by atoms with E-state index < -0.39 is 42.1 Å². The highest BCUT2D eigenvalue weighted by molar-refractivity contribution is 7.99. The molecule has 2 aliphatic heterocycles. The summed E-state index contributed by atoms with van der Waals surface area (Å²) in [6.45, 7) is 4.06. The van der Waals surface area contributed by atoms with Gasteiger partial charge in [0.25, 0.3) is 0 Å². The quantitative estimate of drug-likeness (QED) is 0.352. The minimum atomic E-state index is -0.692. The van der Waals surface area contributed by atoms with Crippen molar-refractivity contribution in [3.63, 3.8) is 0 Å². The second-order valence-electron chi connectivity index (χ2n) is 9.35. The number of thioether (sulfide) groups is 1. The first kappa shape index (κ1) is 26.7. The maximum Gasteiger partial charge on any atom is 0.303 e. The van der Waals surface area contributed by atoms with Crippen LogP contribution in [0.15, 0.2) is 83.8 Å². The zero-order valence-electron chi connectivity index (χ0n) is 21.6. The Morgan fingerprint density at radius 1 is 0.947 bits per heavy atom. The Hall–Kier alpha value is -2.88. The number of hydrogen-bond donors (Lipinski definition) is 0. The lowest BCUT2D eigenvalue weighted by atomic mass is 9.98. The molecule has 8 heteroatoms. The van der Waals surface area contributed by atoms with Gasteiger partial charge in [-0.05, 0) is 36.8 Å². The number of rotatable bonds is 8. The van der Waals surface area contributed by atoms with Crippen LogP contribution in [0, 0.1) is 6.92 Å². The standard InChI is InChI=1S/C30H32O7S/c1-19-9-15-24(16-10-19)38-30-28(33-17-21-11-13-23(32-3)14-12-21)27(35-20(2)31)26-25(36-30)18-34-29(37-26)22-7-5-4-6-8-22/h4-16,25-30H,17-18H2,1-3H3/t25-,26-,27+,28+,29?,30-/m1/s1. The molecule has 2 aliphatic rings. The van der Waals surface area contributed by atoms with Crippen LogP contribution >= 0.6 is 11.8 Å². The van der Waals surface area contributed by atoms with Crippen LogP contribution in [0.5, 0.6) is 5.75 Å². The Morgan fingerprint density at radius 2 is 1.68 bits per heavy atom. The van der Waals surface area contributed by atoms with Crippen molar-refractivity contribution < 1.29 is 33.2 Å². The summed E-state index contributed by atoms with van der Waals surface area (Å²) in [4.78, 5) is 13.3. The van der Waals surface area contributed by atoms with E-state index in [4.69, 9.17) is 28.4 Å². The van der Waals surface area contributed by atoms with Crippen molar-refractivity contribution >= 4 is 17.7 Å². The highest BCUT2D eigenvalue weighted by Crippen LogP contribution is 2.41. The first-order valence-electron chi connectivity index (χ1n) is 12.6. The maximum absolute atomic E-state index is 12.3. The molecule has 2 saturated heterocycles. The van der Waals surface area contributed by atoms with Crippen molar-refractivity contribution in [3.8, 4) is 5.75 Å². The van der Waals surface area contributed by atoms with Crippen LogP contribution in [-0.4, -0.2) is 49.5 Å². The second kappa shape index (κ2) is 12.3. The van der Waals surface area contributed by atoms with E-state index in [2.05, 4.69) is 24.3 Å². The zero-order valence-corrected chi connectivity index (χ0v) is 22.5. The molecular formula is C30H32O7S. The number of hydrogen-bond acceptors (Lipinski definition) is 8. The molecule has 0 aliphatic carbocycles. The van der Waals surface area contributed by atoms with Crippen LogP contribution in [0.3, 0.4) is 0 Å². The Bertz CT molecular complexity index is 1190. The summed E-state index contributed by atoms with van der Waals surface area (Å²) in [6, 6.07) is 25.6. The number of carbonyl (C=O) groups excluding carboxylic acids is 1. The molecule has 1 unspecified atom stereocenters. The predicted molar refractivity (Wildman–Crippen MR) is 143 cm³/mol. The van der Waals surface area contributed by atoms with Gasteiger partial charge in [0, 0.05) is 17.4 Å². The van der Waals surface area contributed by atoms with Crippen molar-refractivity contribution in [1.82, 2.24) is 0 Å². The summed E-state index contributed by atoms with van der Waals surface area (Å²) in [5.74, 6) is 0.366. The molecule has 0 N–H and O–H groups in total. The number of esters is 1. The summed E-state index contributed by atoms with van der Waals surface area (Å²) < 4.78 is 36.6. The number of methoxy groups -OCH3 is 1. The van der Waals surface area contributed by atoms with Gasteiger partial charge in [0.15, 0.2) is 12.4 Å². The lowest BCUT2D eigenvalue weighted by Gasteiger charge is -2.48. The first-order chi connectivity index (χ1) is 18.5. The fraction of sp³-hybridized carbons (Fsp3) is 0.367. The number of aryl methyl sites for hydroxylation is 1. The van der Waals surface area contributed by atoms with Crippen LogP contribution < -0.4 is 4.74 Å². The molecule has 3 aromatic rings. The maximum atomic E-state index is 12.3. The van der Waals surface area contributed by atoms with Gasteiger partial charge in [0.1, 0.15) is 29.5 Å². The monoisotopic (exact) mass is 536 g/mol. The third-order valence-electron chi connectivity index (χ3n) is 6.53. The molecule has 3 aromatic carbocycles. The van der Waals surface area contributed by atoms with Gasteiger partial charge >= 0.3 is 5.97 Å². The van der Waals surface area contributed by atoms with Crippen molar-refractivity contribution in [1.29, 1.82) is 0 Å². The summed E-state index contributed by atoms with van der Waals surface area (Å²) in [5, 5.41) is 0. The normalized spacial score (nSPS) is 26.8. The van der Waals surface area contributed by atoms with Gasteiger partial charge < -0.3 is 28.4 Å². The van der Waals surface area contributed by atoms with Crippen LogP contribution in [-0.2, 0) is 35.1 Å².